The molecule has 0 spiro atoms. The van der Waals surface area contributed by atoms with E-state index in [0.29, 0.717) is 5.75 Å². The van der Waals surface area contributed by atoms with Crippen LogP contribution in [0, 0.1) is 0 Å². The third-order valence-electron chi connectivity index (χ3n) is 4.62. The minimum Gasteiger partial charge on any atom is -0.480 e. The molecule has 2 amide bonds. The highest BCUT2D eigenvalue weighted by Crippen LogP contribution is 2.50. The lowest BCUT2D eigenvalue weighted by Gasteiger charge is -2.44. The van der Waals surface area contributed by atoms with Crippen molar-refractivity contribution in [3.05, 3.63) is 30.3 Å². The Kier molecular flexibility index (Phi) is 4.42. The van der Waals surface area contributed by atoms with Crippen LogP contribution in [0.1, 0.15) is 27.7 Å². The van der Waals surface area contributed by atoms with Crippen molar-refractivity contribution in [3.63, 3.8) is 0 Å². The van der Waals surface area contributed by atoms with Crippen molar-refractivity contribution in [2.24, 2.45) is 0 Å². The molecule has 140 valence electrons. The summed E-state index contributed by atoms with van der Waals surface area (Å²) in [6.45, 7) is 6.84. The van der Waals surface area contributed by atoms with Crippen LogP contribution in [0.25, 0.3) is 0 Å². The van der Waals surface area contributed by atoms with Crippen molar-refractivity contribution in [1.29, 1.82) is 0 Å². The molecule has 7 nitrogen and oxygen atoms in total. The van der Waals surface area contributed by atoms with E-state index < -0.39 is 34.3 Å². The number of hydrogen-bond donors (Lipinski definition) is 2. The average molecular weight is 378 g/mol. The summed E-state index contributed by atoms with van der Waals surface area (Å²) < 4.78 is 5.12. The minimum absolute atomic E-state index is 0.371. The smallest absolute Gasteiger partial charge is 0.327 e. The van der Waals surface area contributed by atoms with Crippen LogP contribution in [-0.4, -0.2) is 55.6 Å². The maximum Gasteiger partial charge on any atom is 0.327 e. The van der Waals surface area contributed by atoms with Gasteiger partial charge in [-0.25, -0.2) is 4.79 Å². The number of nitrogens with one attached hydrogen (secondary N) is 1. The number of amides is 2. The maximum absolute atomic E-state index is 12.7. The van der Waals surface area contributed by atoms with Crippen LogP contribution in [0.5, 0.6) is 5.75 Å². The van der Waals surface area contributed by atoms with Gasteiger partial charge in [-0.15, -0.1) is 11.8 Å². The predicted octanol–water partition coefficient (Wildman–Crippen LogP) is 1.48. The zero-order valence-corrected chi connectivity index (χ0v) is 15.9. The summed E-state index contributed by atoms with van der Waals surface area (Å²) >= 11 is 1.39. The zero-order valence-electron chi connectivity index (χ0n) is 15.1. The molecule has 26 heavy (non-hydrogen) atoms. The summed E-state index contributed by atoms with van der Waals surface area (Å²) in [5, 5.41) is 11.8. The van der Waals surface area contributed by atoms with Crippen molar-refractivity contribution in [3.8, 4) is 5.75 Å². The molecular formula is C18H22N2O5S. The van der Waals surface area contributed by atoms with Crippen LogP contribution in [0.2, 0.25) is 0 Å². The Labute approximate surface area is 156 Å². The van der Waals surface area contributed by atoms with Crippen molar-refractivity contribution in [1.82, 2.24) is 10.2 Å². The van der Waals surface area contributed by atoms with Crippen molar-refractivity contribution < 1.29 is 24.2 Å². The first-order valence-electron chi connectivity index (χ1n) is 8.32. The minimum atomic E-state index is -1.17. The van der Waals surface area contributed by atoms with E-state index in [1.165, 1.54) is 16.7 Å². The Morgan fingerprint density at radius 1 is 1.27 bits per heavy atom. The second-order valence-corrected chi connectivity index (χ2v) is 9.25. The standard InChI is InChI=1S/C18H22N2O5S/c1-17(2,25-10-8-6-5-7-9-10)16(24)19-11-13(21)20-12(15(22)23)18(3,4)26-14(11)20/h5-9,11-12,14H,1-4H3,(H,19,24)(H,22,23)/t11?,12?,14-/m1/s1. The fourth-order valence-electron chi connectivity index (χ4n) is 3.29. The summed E-state index contributed by atoms with van der Waals surface area (Å²) in [5.74, 6) is -1.27. The molecule has 0 radical (unpaired) electrons. The number of ether oxygens (including phenoxy) is 1. The van der Waals surface area contributed by atoms with Gasteiger partial charge in [-0.1, -0.05) is 18.2 Å². The molecule has 2 heterocycles. The van der Waals surface area contributed by atoms with E-state index in [1.807, 2.05) is 6.07 Å². The third-order valence-corrected chi connectivity index (χ3v) is 6.20. The Hall–Kier alpha value is -2.22. The number of rotatable bonds is 5. The fraction of sp³-hybridized carbons (Fsp3) is 0.500. The third kappa shape index (κ3) is 3.02. The van der Waals surface area contributed by atoms with Gasteiger partial charge in [-0.05, 0) is 39.8 Å². The first-order chi connectivity index (χ1) is 12.0. The van der Waals surface area contributed by atoms with E-state index in [2.05, 4.69) is 5.32 Å². The Morgan fingerprint density at radius 3 is 2.46 bits per heavy atom. The van der Waals surface area contributed by atoms with E-state index >= 15 is 0 Å². The molecule has 0 bridgehead atoms. The average Bonchev–Trinajstić information content (AvgIpc) is 2.81. The number of para-hydroxylation sites is 1. The second kappa shape index (κ2) is 6.19. The highest BCUT2D eigenvalue weighted by Gasteiger charge is 2.64. The fourth-order valence-corrected chi connectivity index (χ4v) is 4.92. The number of carboxylic acid groups (broad SMARTS) is 1. The second-order valence-electron chi connectivity index (χ2n) is 7.47. The summed E-state index contributed by atoms with van der Waals surface area (Å²) in [7, 11) is 0. The van der Waals surface area contributed by atoms with Crippen molar-refractivity contribution in [2.75, 3.05) is 0 Å². The van der Waals surface area contributed by atoms with Crippen molar-refractivity contribution >= 4 is 29.5 Å². The predicted molar refractivity (Wildman–Crippen MR) is 96.8 cm³/mol. The van der Waals surface area contributed by atoms with E-state index in [4.69, 9.17) is 4.74 Å². The quantitative estimate of drug-likeness (QED) is 0.754. The van der Waals surface area contributed by atoms with Gasteiger partial charge in [0.15, 0.2) is 5.60 Å². The van der Waals surface area contributed by atoms with Gasteiger partial charge in [0, 0.05) is 4.75 Å². The first-order valence-corrected chi connectivity index (χ1v) is 9.20. The number of β-lactam (4-membered cyclic amide) rings is 1. The van der Waals surface area contributed by atoms with E-state index in [-0.39, 0.29) is 11.3 Å². The number of thioether (sulfide) groups is 1. The SMILES string of the molecule is CC(C)(Oc1ccccc1)C(=O)NC1C(=O)N2C(C(=O)O)C(C)(C)S[C@H]12. The zero-order chi connectivity index (χ0) is 19.3. The maximum atomic E-state index is 12.7. The van der Waals surface area contributed by atoms with Crippen LogP contribution >= 0.6 is 11.8 Å². The lowest BCUT2D eigenvalue weighted by atomic mass is 9.95. The Balaban J connectivity index is 1.69. The van der Waals surface area contributed by atoms with Gasteiger partial charge >= 0.3 is 5.97 Å². The molecule has 2 saturated heterocycles. The lowest BCUT2D eigenvalue weighted by molar-refractivity contribution is -0.162. The summed E-state index contributed by atoms with van der Waals surface area (Å²) in [5.41, 5.74) is -1.17. The van der Waals surface area contributed by atoms with Gasteiger partial charge in [0.05, 0.1) is 0 Å². The van der Waals surface area contributed by atoms with E-state index in [9.17, 15) is 19.5 Å². The summed E-state index contributed by atoms with van der Waals surface area (Å²) in [6, 6.07) is 7.32. The van der Waals surface area contributed by atoms with Crippen LogP contribution in [0.3, 0.4) is 0 Å². The molecule has 2 aliphatic rings. The Morgan fingerprint density at radius 2 is 1.88 bits per heavy atom. The summed E-state index contributed by atoms with van der Waals surface area (Å²) in [4.78, 5) is 38.0. The number of fused-ring (bicyclic) bond motifs is 1. The number of carboxylic acids is 1. The van der Waals surface area contributed by atoms with Crippen LogP contribution in [-0.2, 0) is 14.4 Å². The number of hydrogen-bond acceptors (Lipinski definition) is 5. The molecule has 3 rings (SSSR count). The van der Waals surface area contributed by atoms with Crippen LogP contribution < -0.4 is 10.1 Å². The monoisotopic (exact) mass is 378 g/mol. The molecule has 1 aromatic rings. The molecule has 2 unspecified atom stereocenters. The molecule has 3 atom stereocenters. The van der Waals surface area contributed by atoms with E-state index in [1.54, 1.807) is 52.0 Å². The normalized spacial score (nSPS) is 26.7. The highest BCUT2D eigenvalue weighted by atomic mass is 32.2. The van der Waals surface area contributed by atoms with Gasteiger partial charge in [0.25, 0.3) is 5.91 Å². The number of carbonyl (C=O) groups is 3. The van der Waals surface area contributed by atoms with Crippen molar-refractivity contribution in [2.45, 2.75) is 55.5 Å². The highest BCUT2D eigenvalue weighted by molar-refractivity contribution is 8.01. The number of benzene rings is 1. The van der Waals surface area contributed by atoms with Gasteiger partial charge in [-0.3, -0.25) is 9.59 Å². The molecule has 2 N–H and O–H groups in total. The largest absolute Gasteiger partial charge is 0.480 e. The topological polar surface area (TPSA) is 95.9 Å². The lowest BCUT2D eigenvalue weighted by Crippen LogP contribution is -2.72. The van der Waals surface area contributed by atoms with Crippen LogP contribution in [0.15, 0.2) is 30.3 Å². The Bertz CT molecular complexity index is 749. The summed E-state index contributed by atoms with van der Waals surface area (Å²) in [6.07, 6.45) is 0. The molecule has 2 aliphatic heterocycles. The molecule has 1 aromatic carbocycles. The first kappa shape index (κ1) is 18.6. The van der Waals surface area contributed by atoms with Gasteiger partial charge in [-0.2, -0.15) is 0 Å². The molecule has 2 fully saturated rings. The molecular weight excluding hydrogens is 356 g/mol. The van der Waals surface area contributed by atoms with Gasteiger partial charge < -0.3 is 20.1 Å². The van der Waals surface area contributed by atoms with E-state index in [0.717, 1.165) is 0 Å². The molecule has 0 saturated carbocycles. The number of aliphatic carboxylic acids is 1. The number of nitrogens with zero attached hydrogens (tertiary/aromatic N) is 1. The van der Waals surface area contributed by atoms with Gasteiger partial charge in [0.1, 0.15) is 23.2 Å². The molecule has 0 aromatic heterocycles. The van der Waals surface area contributed by atoms with Crippen LogP contribution in [0.4, 0.5) is 0 Å². The number of carbonyl (C=O) groups excluding carboxylic acids is 2. The molecule has 8 heteroatoms. The van der Waals surface area contributed by atoms with Gasteiger partial charge in [0.2, 0.25) is 5.91 Å². The molecule has 0 aliphatic carbocycles.